The molecule has 0 saturated heterocycles. The summed E-state index contributed by atoms with van der Waals surface area (Å²) in [6.07, 6.45) is -1.44. The van der Waals surface area contributed by atoms with Crippen LogP contribution >= 0.6 is 15.4 Å². The number of hydrogen-bond donors (Lipinski definition) is 2. The van der Waals surface area contributed by atoms with E-state index < -0.39 is 34.0 Å². The minimum absolute atomic E-state index is 0.142. The van der Waals surface area contributed by atoms with Crippen LogP contribution in [-0.2, 0) is 32.3 Å². The Hall–Kier alpha value is -0.720. The molecule has 0 bridgehead atoms. The van der Waals surface area contributed by atoms with Crippen molar-refractivity contribution in [2.75, 3.05) is 12.8 Å². The maximum Gasteiger partial charge on any atom is 0.591 e. The minimum atomic E-state index is -4.36. The molecule has 0 aliphatic carbocycles. The van der Waals surface area contributed by atoms with Crippen molar-refractivity contribution in [2.24, 2.45) is 0 Å². The predicted molar refractivity (Wildman–Crippen MR) is 54.0 cm³/mol. The number of hydrogen-bond acceptors (Lipinski definition) is 7. The van der Waals surface area contributed by atoms with Crippen molar-refractivity contribution < 1.29 is 42.1 Å². The highest BCUT2D eigenvalue weighted by Gasteiger charge is 2.32. The maximum atomic E-state index is 11.4. The number of carbonyl (C=O) groups is 2. The van der Waals surface area contributed by atoms with Crippen molar-refractivity contribution in [1.29, 1.82) is 0 Å². The number of carbonyl (C=O) groups excluding carboxylic acids is 2. The molecule has 0 aromatic heterocycles. The molecule has 11 heteroatoms. The second kappa shape index (κ2) is 6.88. The molecule has 0 fully saturated rings. The predicted octanol–water partition coefficient (Wildman–Crippen LogP) is 0.415. The summed E-state index contributed by atoms with van der Waals surface area (Å²) in [6.45, 7) is 1.06. The van der Waals surface area contributed by atoms with E-state index >= 15 is 0 Å². The van der Waals surface area contributed by atoms with Gasteiger partial charge in [0.2, 0.25) is 0 Å². The SMILES string of the molecule is CCOP(=O)(OC=O)OC(=O)CCP(=O)(O)O. The third kappa shape index (κ3) is 8.06. The van der Waals surface area contributed by atoms with Gasteiger partial charge in [0.25, 0.3) is 0 Å². The summed E-state index contributed by atoms with van der Waals surface area (Å²) in [4.78, 5) is 38.0. The smallest absolute Gasteiger partial charge is 0.364 e. The van der Waals surface area contributed by atoms with Crippen LogP contribution in [0.1, 0.15) is 13.3 Å². The van der Waals surface area contributed by atoms with E-state index in [4.69, 9.17) is 9.79 Å². The van der Waals surface area contributed by atoms with Gasteiger partial charge in [-0.05, 0) is 6.92 Å². The van der Waals surface area contributed by atoms with Gasteiger partial charge in [-0.2, -0.15) is 0 Å². The molecule has 0 saturated carbocycles. The topological polar surface area (TPSA) is 136 Å². The van der Waals surface area contributed by atoms with Gasteiger partial charge in [0.15, 0.2) is 0 Å². The first-order chi connectivity index (χ1) is 7.72. The first kappa shape index (κ1) is 16.3. The summed E-state index contributed by atoms with van der Waals surface area (Å²) in [5, 5.41) is 0. The molecule has 0 rings (SSSR count). The van der Waals surface area contributed by atoms with Crippen LogP contribution in [0.25, 0.3) is 0 Å². The van der Waals surface area contributed by atoms with E-state index in [1.54, 1.807) is 0 Å². The van der Waals surface area contributed by atoms with Gasteiger partial charge < -0.3 is 18.8 Å². The van der Waals surface area contributed by atoms with E-state index in [2.05, 4.69) is 13.6 Å². The zero-order chi connectivity index (χ0) is 13.5. The summed E-state index contributed by atoms with van der Waals surface area (Å²) in [5.41, 5.74) is 0. The zero-order valence-electron chi connectivity index (χ0n) is 8.85. The second-order valence-corrected chi connectivity index (χ2v) is 5.99. The van der Waals surface area contributed by atoms with Crippen LogP contribution in [0.5, 0.6) is 0 Å². The van der Waals surface area contributed by atoms with E-state index in [0.29, 0.717) is 0 Å². The quantitative estimate of drug-likeness (QED) is 0.481. The molecule has 2 N–H and O–H groups in total. The average Bonchev–Trinajstić information content (AvgIpc) is 2.14. The Morgan fingerprint density at radius 1 is 1.35 bits per heavy atom. The van der Waals surface area contributed by atoms with Gasteiger partial charge in [0, 0.05) is 0 Å². The average molecular weight is 290 g/mol. The van der Waals surface area contributed by atoms with Gasteiger partial charge >= 0.3 is 27.9 Å². The summed E-state index contributed by atoms with van der Waals surface area (Å²) in [7, 11) is -8.69. The Bertz CT molecular complexity index is 358. The van der Waals surface area contributed by atoms with Crippen LogP contribution in [0, 0.1) is 0 Å². The molecule has 0 aromatic rings. The molecule has 100 valence electrons. The lowest BCUT2D eigenvalue weighted by Gasteiger charge is -2.13. The van der Waals surface area contributed by atoms with E-state index in [1.807, 2.05) is 0 Å². The third-order valence-corrected chi connectivity index (χ3v) is 3.43. The van der Waals surface area contributed by atoms with Gasteiger partial charge in [-0.3, -0.25) is 18.7 Å². The summed E-state index contributed by atoms with van der Waals surface area (Å²) in [5.74, 6) is -1.20. The molecule has 0 amide bonds. The fourth-order valence-corrected chi connectivity index (χ4v) is 2.09. The molecule has 1 unspecified atom stereocenters. The minimum Gasteiger partial charge on any atom is -0.364 e. The van der Waals surface area contributed by atoms with Crippen LogP contribution < -0.4 is 0 Å². The van der Waals surface area contributed by atoms with Gasteiger partial charge in [0.1, 0.15) is 0 Å². The Morgan fingerprint density at radius 3 is 2.35 bits per heavy atom. The monoisotopic (exact) mass is 290 g/mol. The standard InChI is InChI=1S/C6H12O9P2/c1-2-13-17(12,14-5-7)15-6(8)3-4-16(9,10)11/h5H,2-4H2,1H3,(H2,9,10,11). The molecule has 1 atom stereocenters. The molecule has 0 aromatic carbocycles. The maximum absolute atomic E-state index is 11.4. The van der Waals surface area contributed by atoms with Crippen molar-refractivity contribution in [1.82, 2.24) is 0 Å². The van der Waals surface area contributed by atoms with Crippen molar-refractivity contribution in [3.05, 3.63) is 0 Å². The first-order valence-corrected chi connectivity index (χ1v) is 7.62. The lowest BCUT2D eigenvalue weighted by atomic mass is 10.5. The van der Waals surface area contributed by atoms with Crippen LogP contribution in [0.2, 0.25) is 0 Å². The van der Waals surface area contributed by atoms with E-state index in [0.717, 1.165) is 0 Å². The van der Waals surface area contributed by atoms with Crippen LogP contribution in [0.3, 0.4) is 0 Å². The van der Waals surface area contributed by atoms with Crippen LogP contribution in [0.15, 0.2) is 0 Å². The van der Waals surface area contributed by atoms with Crippen LogP contribution in [0.4, 0.5) is 0 Å². The molecular weight excluding hydrogens is 278 g/mol. The Labute approximate surface area is 96.8 Å². The molecule has 0 aliphatic heterocycles. The highest BCUT2D eigenvalue weighted by atomic mass is 31.2. The summed E-state index contributed by atoms with van der Waals surface area (Å²) in [6, 6.07) is 0. The Balaban J connectivity index is 4.37. The zero-order valence-corrected chi connectivity index (χ0v) is 10.6. The van der Waals surface area contributed by atoms with Gasteiger partial charge in [-0.15, -0.1) is 0 Å². The van der Waals surface area contributed by atoms with E-state index in [9.17, 15) is 18.7 Å². The highest BCUT2D eigenvalue weighted by molar-refractivity contribution is 7.51. The van der Waals surface area contributed by atoms with Crippen LogP contribution in [-0.4, -0.2) is 35.0 Å². The lowest BCUT2D eigenvalue weighted by Crippen LogP contribution is -2.08. The Kier molecular flexibility index (Phi) is 6.59. The van der Waals surface area contributed by atoms with Gasteiger partial charge in [-0.1, -0.05) is 0 Å². The molecule has 0 spiro atoms. The van der Waals surface area contributed by atoms with E-state index in [-0.39, 0.29) is 13.1 Å². The van der Waals surface area contributed by atoms with Crippen molar-refractivity contribution in [2.45, 2.75) is 13.3 Å². The lowest BCUT2D eigenvalue weighted by molar-refractivity contribution is -0.136. The normalized spacial score (nSPS) is 14.8. The fourth-order valence-electron chi connectivity index (χ4n) is 0.696. The number of rotatable bonds is 8. The van der Waals surface area contributed by atoms with Gasteiger partial charge in [-0.25, -0.2) is 4.57 Å². The summed E-state index contributed by atoms with van der Waals surface area (Å²) < 4.78 is 34.5. The van der Waals surface area contributed by atoms with Crippen molar-refractivity contribution in [3.8, 4) is 0 Å². The molecular formula is C6H12O9P2. The molecule has 0 aliphatic rings. The Morgan fingerprint density at radius 2 is 1.94 bits per heavy atom. The number of phosphoric acid groups is 1. The van der Waals surface area contributed by atoms with E-state index in [1.165, 1.54) is 6.92 Å². The van der Waals surface area contributed by atoms with Crippen molar-refractivity contribution >= 4 is 27.9 Å². The third-order valence-electron chi connectivity index (χ3n) is 1.28. The molecule has 0 heterocycles. The molecule has 9 nitrogen and oxygen atoms in total. The molecule has 0 radical (unpaired) electrons. The number of phosphoric ester groups is 1. The van der Waals surface area contributed by atoms with Gasteiger partial charge in [0.05, 0.1) is 19.2 Å². The largest absolute Gasteiger partial charge is 0.591 e. The first-order valence-electron chi connectivity index (χ1n) is 4.36. The molecule has 17 heavy (non-hydrogen) atoms. The fraction of sp³-hybridized carbons (Fsp3) is 0.667. The summed E-state index contributed by atoms with van der Waals surface area (Å²) >= 11 is 0. The highest BCUT2D eigenvalue weighted by Crippen LogP contribution is 2.49. The second-order valence-electron chi connectivity index (χ2n) is 2.67. The van der Waals surface area contributed by atoms with Crippen molar-refractivity contribution in [3.63, 3.8) is 0 Å².